The summed E-state index contributed by atoms with van der Waals surface area (Å²) in [7, 11) is 0. The fourth-order valence-electron chi connectivity index (χ4n) is 1.55. The minimum absolute atomic E-state index is 0.00694. The van der Waals surface area contributed by atoms with Crippen LogP contribution in [0.4, 0.5) is 0 Å². The van der Waals surface area contributed by atoms with Crippen LogP contribution in [-0.2, 0) is 19.1 Å². The van der Waals surface area contributed by atoms with E-state index in [9.17, 15) is 9.59 Å². The molecule has 0 aromatic heterocycles. The summed E-state index contributed by atoms with van der Waals surface area (Å²) < 4.78 is 9.20. The van der Waals surface area contributed by atoms with E-state index >= 15 is 0 Å². The molecule has 2 fully saturated rings. The first-order valence-electron chi connectivity index (χ1n) is 5.47. The quantitative estimate of drug-likeness (QED) is 0.656. The SMILES string of the molecule is CCC1(CC)COC1=O.O=C1CCCO1. The predicted octanol–water partition coefficient (Wildman–Crippen LogP) is 1.67. The third-order valence-electron chi connectivity index (χ3n) is 3.05. The number of carbonyl (C=O) groups is 2. The van der Waals surface area contributed by atoms with Gasteiger partial charge in [-0.2, -0.15) is 0 Å². The number of hydrogen-bond acceptors (Lipinski definition) is 4. The van der Waals surface area contributed by atoms with Crippen LogP contribution >= 0.6 is 0 Å². The second-order valence-corrected chi connectivity index (χ2v) is 3.89. The number of rotatable bonds is 2. The van der Waals surface area contributed by atoms with Crippen LogP contribution in [0.1, 0.15) is 39.5 Å². The van der Waals surface area contributed by atoms with E-state index in [1.165, 1.54) is 0 Å². The van der Waals surface area contributed by atoms with Crippen LogP contribution in [0.2, 0.25) is 0 Å². The van der Waals surface area contributed by atoms with Gasteiger partial charge in [-0.1, -0.05) is 13.8 Å². The maximum atomic E-state index is 10.8. The van der Waals surface area contributed by atoms with Gasteiger partial charge in [0.15, 0.2) is 0 Å². The normalized spacial score (nSPS) is 22.0. The van der Waals surface area contributed by atoms with E-state index in [0.29, 0.717) is 19.6 Å². The van der Waals surface area contributed by atoms with E-state index < -0.39 is 0 Å². The summed E-state index contributed by atoms with van der Waals surface area (Å²) in [5.41, 5.74) is -0.0972. The van der Waals surface area contributed by atoms with Crippen molar-refractivity contribution in [1.82, 2.24) is 0 Å². The molecule has 0 aromatic rings. The average molecular weight is 214 g/mol. The number of ether oxygens (including phenoxy) is 2. The lowest BCUT2D eigenvalue weighted by molar-refractivity contribution is -0.186. The lowest BCUT2D eigenvalue weighted by Gasteiger charge is -2.37. The van der Waals surface area contributed by atoms with Crippen molar-refractivity contribution in [1.29, 1.82) is 0 Å². The van der Waals surface area contributed by atoms with Gasteiger partial charge in [-0.25, -0.2) is 0 Å². The Morgan fingerprint density at radius 2 is 1.87 bits per heavy atom. The van der Waals surface area contributed by atoms with Gasteiger partial charge < -0.3 is 9.47 Å². The fraction of sp³-hybridized carbons (Fsp3) is 0.818. The summed E-state index contributed by atoms with van der Waals surface area (Å²) >= 11 is 0. The van der Waals surface area contributed by atoms with Crippen molar-refractivity contribution >= 4 is 11.9 Å². The molecule has 4 nitrogen and oxygen atoms in total. The molecule has 0 saturated carbocycles. The average Bonchev–Trinajstić information content (AvgIpc) is 2.70. The molecule has 4 heteroatoms. The third kappa shape index (κ3) is 2.70. The Balaban J connectivity index is 0.000000162. The van der Waals surface area contributed by atoms with Crippen LogP contribution in [0.3, 0.4) is 0 Å². The molecule has 0 bridgehead atoms. The summed E-state index contributed by atoms with van der Waals surface area (Å²) in [4.78, 5) is 20.8. The molecule has 0 aliphatic carbocycles. The minimum Gasteiger partial charge on any atom is -0.466 e. The highest BCUT2D eigenvalue weighted by atomic mass is 16.6. The van der Waals surface area contributed by atoms with E-state index in [4.69, 9.17) is 0 Å². The summed E-state index contributed by atoms with van der Waals surface area (Å²) in [6.45, 7) is 5.34. The van der Waals surface area contributed by atoms with Crippen molar-refractivity contribution in [2.45, 2.75) is 39.5 Å². The number of cyclic esters (lactones) is 2. The van der Waals surface area contributed by atoms with E-state index in [2.05, 4.69) is 9.47 Å². The molecule has 0 aromatic carbocycles. The van der Waals surface area contributed by atoms with Gasteiger partial charge in [0, 0.05) is 6.42 Å². The largest absolute Gasteiger partial charge is 0.466 e. The molecule has 2 heterocycles. The van der Waals surface area contributed by atoms with Crippen molar-refractivity contribution in [3.63, 3.8) is 0 Å². The molecule has 15 heavy (non-hydrogen) atoms. The first kappa shape index (κ1) is 12.0. The molecular formula is C11H18O4. The molecule has 2 saturated heterocycles. The Hall–Kier alpha value is -1.06. The Kier molecular flexibility index (Phi) is 4.12. The minimum atomic E-state index is -0.0972. The molecule has 86 valence electrons. The van der Waals surface area contributed by atoms with Crippen molar-refractivity contribution in [3.8, 4) is 0 Å². The Morgan fingerprint density at radius 1 is 1.20 bits per heavy atom. The summed E-state index contributed by atoms with van der Waals surface area (Å²) in [5, 5.41) is 0. The zero-order valence-electron chi connectivity index (χ0n) is 9.38. The molecular weight excluding hydrogens is 196 g/mol. The first-order chi connectivity index (χ1) is 7.14. The number of esters is 2. The van der Waals surface area contributed by atoms with Gasteiger partial charge in [0.05, 0.1) is 6.61 Å². The van der Waals surface area contributed by atoms with Crippen LogP contribution in [0, 0.1) is 5.41 Å². The summed E-state index contributed by atoms with van der Waals surface area (Å²) in [6, 6.07) is 0. The van der Waals surface area contributed by atoms with E-state index in [1.807, 2.05) is 13.8 Å². The maximum absolute atomic E-state index is 10.8. The van der Waals surface area contributed by atoms with E-state index in [-0.39, 0.29) is 17.4 Å². The van der Waals surface area contributed by atoms with Crippen molar-refractivity contribution in [2.75, 3.05) is 13.2 Å². The third-order valence-corrected chi connectivity index (χ3v) is 3.05. The highest BCUT2D eigenvalue weighted by molar-refractivity contribution is 5.81. The molecule has 0 radical (unpaired) electrons. The van der Waals surface area contributed by atoms with Crippen LogP contribution in [0.5, 0.6) is 0 Å². The van der Waals surface area contributed by atoms with Gasteiger partial charge >= 0.3 is 11.9 Å². The molecule has 0 amide bonds. The lowest BCUT2D eigenvalue weighted by atomic mass is 9.80. The molecule has 0 spiro atoms. The Bertz CT molecular complexity index is 229. The number of carbonyl (C=O) groups excluding carboxylic acids is 2. The van der Waals surface area contributed by atoms with Crippen molar-refractivity contribution in [3.05, 3.63) is 0 Å². The maximum Gasteiger partial charge on any atom is 0.315 e. The predicted molar refractivity (Wildman–Crippen MR) is 54.2 cm³/mol. The Labute approximate surface area is 89.9 Å². The van der Waals surface area contributed by atoms with Crippen LogP contribution in [0.25, 0.3) is 0 Å². The zero-order valence-corrected chi connectivity index (χ0v) is 9.38. The molecule has 2 aliphatic heterocycles. The molecule has 0 N–H and O–H groups in total. The molecule has 2 rings (SSSR count). The first-order valence-corrected chi connectivity index (χ1v) is 5.47. The van der Waals surface area contributed by atoms with Gasteiger partial charge in [0.2, 0.25) is 0 Å². The van der Waals surface area contributed by atoms with Crippen molar-refractivity contribution in [2.24, 2.45) is 5.41 Å². The van der Waals surface area contributed by atoms with Crippen LogP contribution in [0.15, 0.2) is 0 Å². The molecule has 0 unspecified atom stereocenters. The second-order valence-electron chi connectivity index (χ2n) is 3.89. The summed E-state index contributed by atoms with van der Waals surface area (Å²) in [5.74, 6) is -0.0532. The monoisotopic (exact) mass is 214 g/mol. The zero-order chi connectivity index (χ0) is 11.3. The Morgan fingerprint density at radius 3 is 1.93 bits per heavy atom. The smallest absolute Gasteiger partial charge is 0.315 e. The lowest BCUT2D eigenvalue weighted by Crippen LogP contribution is -2.47. The van der Waals surface area contributed by atoms with Crippen LogP contribution in [-0.4, -0.2) is 25.2 Å². The number of hydrogen-bond donors (Lipinski definition) is 0. The van der Waals surface area contributed by atoms with Gasteiger partial charge in [-0.3, -0.25) is 9.59 Å². The van der Waals surface area contributed by atoms with Gasteiger partial charge in [0.1, 0.15) is 12.0 Å². The van der Waals surface area contributed by atoms with Crippen molar-refractivity contribution < 1.29 is 19.1 Å². The fourth-order valence-corrected chi connectivity index (χ4v) is 1.55. The molecule has 0 atom stereocenters. The second kappa shape index (κ2) is 5.14. The topological polar surface area (TPSA) is 52.6 Å². The van der Waals surface area contributed by atoms with E-state index in [0.717, 1.165) is 19.3 Å². The van der Waals surface area contributed by atoms with E-state index in [1.54, 1.807) is 0 Å². The highest BCUT2D eigenvalue weighted by Gasteiger charge is 2.45. The van der Waals surface area contributed by atoms with Gasteiger partial charge in [-0.15, -0.1) is 0 Å². The van der Waals surface area contributed by atoms with Crippen LogP contribution < -0.4 is 0 Å². The standard InChI is InChI=1S/C7H12O2.C4H6O2/c1-3-7(4-2)5-9-6(7)8;5-4-2-1-3-6-4/h3-5H2,1-2H3;1-3H2. The van der Waals surface area contributed by atoms with Gasteiger partial charge in [-0.05, 0) is 19.3 Å². The summed E-state index contributed by atoms with van der Waals surface area (Å²) in [6.07, 6.45) is 3.38. The highest BCUT2D eigenvalue weighted by Crippen LogP contribution is 2.35. The molecule has 2 aliphatic rings. The van der Waals surface area contributed by atoms with Gasteiger partial charge in [0.25, 0.3) is 0 Å².